The molecule has 3 heterocycles. The van der Waals surface area contributed by atoms with Crippen LogP contribution >= 0.6 is 0 Å². The summed E-state index contributed by atoms with van der Waals surface area (Å²) in [5.41, 5.74) is 0.431. The maximum absolute atomic E-state index is 12.3. The molecule has 1 amide bonds. The highest BCUT2D eigenvalue weighted by Crippen LogP contribution is 2.43. The lowest BCUT2D eigenvalue weighted by molar-refractivity contribution is -0.144. The minimum absolute atomic E-state index is 0.0145. The first-order valence-corrected chi connectivity index (χ1v) is 13.5. The molecule has 0 saturated carbocycles. The van der Waals surface area contributed by atoms with E-state index in [2.05, 4.69) is 18.3 Å². The Labute approximate surface area is 225 Å². The third kappa shape index (κ3) is 8.59. The Morgan fingerprint density at radius 1 is 1.16 bits per heavy atom. The van der Waals surface area contributed by atoms with E-state index in [0.717, 1.165) is 18.4 Å². The number of carbonyl (C=O) groups is 3. The molecule has 0 unspecified atom stereocenters. The number of ketones is 1. The number of aliphatic hydroxyl groups is 1. The highest BCUT2D eigenvalue weighted by molar-refractivity contribution is 5.87. The molecule has 0 radical (unpaired) electrons. The van der Waals surface area contributed by atoms with Gasteiger partial charge in [0, 0.05) is 25.8 Å². The number of carbonyl (C=O) groups excluding carboxylic acids is 3. The average Bonchev–Trinajstić information content (AvgIpc) is 3.59. The molecule has 3 saturated heterocycles. The number of nitrogens with one attached hydrogen (secondary N) is 1. The van der Waals surface area contributed by atoms with Gasteiger partial charge in [-0.15, -0.1) is 0 Å². The van der Waals surface area contributed by atoms with Gasteiger partial charge in [-0.05, 0) is 52.5 Å². The van der Waals surface area contributed by atoms with Crippen LogP contribution < -0.4 is 5.32 Å². The molecule has 9 heteroatoms. The van der Waals surface area contributed by atoms with Gasteiger partial charge in [0.2, 0.25) is 5.91 Å². The lowest BCUT2D eigenvalue weighted by atomic mass is 9.87. The van der Waals surface area contributed by atoms with Gasteiger partial charge >= 0.3 is 5.97 Å². The molecule has 0 aromatic carbocycles. The van der Waals surface area contributed by atoms with Crippen molar-refractivity contribution in [1.29, 1.82) is 0 Å². The van der Waals surface area contributed by atoms with Gasteiger partial charge in [0.1, 0.15) is 29.7 Å². The van der Waals surface area contributed by atoms with Gasteiger partial charge in [-0.1, -0.05) is 30.7 Å². The maximum atomic E-state index is 12.3. The Bertz CT molecular complexity index is 952. The Morgan fingerprint density at radius 2 is 1.87 bits per heavy atom. The summed E-state index contributed by atoms with van der Waals surface area (Å²) >= 11 is 0. The zero-order chi connectivity index (χ0) is 28.0. The Morgan fingerprint density at radius 3 is 2.50 bits per heavy atom. The highest BCUT2D eigenvalue weighted by atomic mass is 16.6. The Kier molecular flexibility index (Phi) is 10.5. The summed E-state index contributed by atoms with van der Waals surface area (Å²) in [6, 6.07) is -0.114. The summed E-state index contributed by atoms with van der Waals surface area (Å²) in [5, 5.41) is 13.7. The molecule has 3 aliphatic rings. The van der Waals surface area contributed by atoms with Crippen LogP contribution in [0.25, 0.3) is 0 Å². The van der Waals surface area contributed by atoms with E-state index in [1.807, 2.05) is 26.0 Å². The van der Waals surface area contributed by atoms with Crippen LogP contribution in [0.1, 0.15) is 67.2 Å². The maximum Gasteiger partial charge on any atom is 0.303 e. The van der Waals surface area contributed by atoms with E-state index < -0.39 is 29.9 Å². The number of epoxide rings is 1. The van der Waals surface area contributed by atoms with Crippen molar-refractivity contribution in [2.24, 2.45) is 5.92 Å². The SMILES string of the molecule is CC(=O)C[C@@H]1C[C@@]2(CO2)[C@H](O)[C@@H](/C=C/C(C)=C/C[C@@H]2O[C@H](C)[C@H](NC(=O)/C=C\[C@H](C)OC(C)=O)C[C@@H]2C)O1. The number of Topliss-reactive ketones (excluding diaryl/α,β-unsaturated/α-hetero) is 1. The van der Waals surface area contributed by atoms with Gasteiger partial charge in [0.25, 0.3) is 0 Å². The minimum Gasteiger partial charge on any atom is -0.459 e. The fourth-order valence-electron chi connectivity index (χ4n) is 5.21. The second-order valence-electron chi connectivity index (χ2n) is 11.1. The number of amides is 1. The summed E-state index contributed by atoms with van der Waals surface area (Å²) in [6.45, 7) is 11.1. The van der Waals surface area contributed by atoms with Gasteiger partial charge in [-0.3, -0.25) is 14.4 Å². The predicted molar refractivity (Wildman–Crippen MR) is 141 cm³/mol. The summed E-state index contributed by atoms with van der Waals surface area (Å²) in [7, 11) is 0. The molecule has 2 N–H and O–H groups in total. The topological polar surface area (TPSA) is 124 Å². The summed E-state index contributed by atoms with van der Waals surface area (Å²) in [6.07, 6.45) is 9.04. The predicted octanol–water partition coefficient (Wildman–Crippen LogP) is 2.95. The van der Waals surface area contributed by atoms with Gasteiger partial charge in [-0.25, -0.2) is 0 Å². The lowest BCUT2D eigenvalue weighted by Crippen LogP contribution is -2.50. The number of rotatable bonds is 10. The third-order valence-electron chi connectivity index (χ3n) is 7.44. The molecule has 0 bridgehead atoms. The van der Waals surface area contributed by atoms with Crippen molar-refractivity contribution in [2.45, 2.75) is 115 Å². The van der Waals surface area contributed by atoms with Crippen LogP contribution in [0.5, 0.6) is 0 Å². The monoisotopic (exact) mass is 533 g/mol. The van der Waals surface area contributed by atoms with E-state index >= 15 is 0 Å². The zero-order valence-corrected chi connectivity index (χ0v) is 23.3. The van der Waals surface area contributed by atoms with Gasteiger partial charge in [-0.2, -0.15) is 0 Å². The van der Waals surface area contributed by atoms with Crippen LogP contribution in [-0.2, 0) is 33.3 Å². The van der Waals surface area contributed by atoms with Crippen LogP contribution in [0.4, 0.5) is 0 Å². The number of hydrogen-bond acceptors (Lipinski definition) is 8. The first-order valence-electron chi connectivity index (χ1n) is 13.5. The molecule has 9 nitrogen and oxygen atoms in total. The molecule has 0 aromatic rings. The fourth-order valence-corrected chi connectivity index (χ4v) is 5.21. The molecule has 3 aliphatic heterocycles. The second kappa shape index (κ2) is 13.2. The molecule has 212 valence electrons. The summed E-state index contributed by atoms with van der Waals surface area (Å²) < 4.78 is 22.8. The summed E-state index contributed by atoms with van der Waals surface area (Å²) in [5.74, 6) is -0.344. The molecule has 0 aromatic heterocycles. The zero-order valence-electron chi connectivity index (χ0n) is 23.3. The van der Waals surface area contributed by atoms with Crippen molar-refractivity contribution >= 4 is 17.7 Å². The molecular weight excluding hydrogens is 490 g/mol. The normalized spacial score (nSPS) is 36.4. The van der Waals surface area contributed by atoms with E-state index in [1.165, 1.54) is 13.0 Å². The molecule has 9 atom stereocenters. The molecule has 0 aliphatic carbocycles. The van der Waals surface area contributed by atoms with Crippen molar-refractivity contribution in [3.8, 4) is 0 Å². The molecule has 3 rings (SSSR count). The smallest absolute Gasteiger partial charge is 0.303 e. The van der Waals surface area contributed by atoms with Crippen molar-refractivity contribution < 1.29 is 38.4 Å². The Hall–Kier alpha value is -2.33. The number of esters is 1. The van der Waals surface area contributed by atoms with E-state index in [0.29, 0.717) is 19.4 Å². The van der Waals surface area contributed by atoms with E-state index in [4.69, 9.17) is 18.9 Å². The fraction of sp³-hybridized carbons (Fsp3) is 0.690. The van der Waals surface area contributed by atoms with Crippen LogP contribution in [-0.4, -0.2) is 77.6 Å². The number of allylic oxidation sites excluding steroid dienone is 2. The number of ether oxygens (including phenoxy) is 4. The van der Waals surface area contributed by atoms with Gasteiger partial charge < -0.3 is 29.4 Å². The van der Waals surface area contributed by atoms with E-state index in [9.17, 15) is 19.5 Å². The van der Waals surface area contributed by atoms with Crippen LogP contribution in [0.2, 0.25) is 0 Å². The van der Waals surface area contributed by atoms with Crippen LogP contribution in [0.3, 0.4) is 0 Å². The number of aliphatic hydroxyl groups excluding tert-OH is 1. The first kappa shape index (κ1) is 30.2. The summed E-state index contributed by atoms with van der Waals surface area (Å²) in [4.78, 5) is 34.9. The lowest BCUT2D eigenvalue weighted by Gasteiger charge is -2.39. The van der Waals surface area contributed by atoms with Crippen molar-refractivity contribution in [3.63, 3.8) is 0 Å². The quantitative estimate of drug-likeness (QED) is 0.190. The Balaban J connectivity index is 1.49. The molecular formula is C29H43NO8. The molecule has 1 spiro atoms. The van der Waals surface area contributed by atoms with Crippen LogP contribution in [0.15, 0.2) is 36.0 Å². The van der Waals surface area contributed by atoms with Crippen molar-refractivity contribution in [1.82, 2.24) is 5.32 Å². The minimum atomic E-state index is -0.760. The highest BCUT2D eigenvalue weighted by Gasteiger charge is 2.58. The third-order valence-corrected chi connectivity index (χ3v) is 7.44. The van der Waals surface area contributed by atoms with E-state index in [1.54, 1.807) is 19.9 Å². The standard InChI is InChI=1S/C29H43NO8/c1-17(8-11-26-28(34)29(16-35-29)15-23(38-26)14-19(3)31)7-10-25-18(2)13-24(21(5)37-25)30-27(33)12-9-20(4)36-22(6)32/h7-9,11-12,18,20-21,23-26,28,34H,10,13-16H2,1-6H3,(H,30,33)/b11-8+,12-9-,17-7+/t18-,20-,21+,23+,24+,25-,26+,28+,29+/m0/s1. The largest absolute Gasteiger partial charge is 0.459 e. The van der Waals surface area contributed by atoms with Gasteiger partial charge in [0.05, 0.1) is 31.0 Å². The average molecular weight is 534 g/mol. The number of hydrogen-bond donors (Lipinski definition) is 2. The van der Waals surface area contributed by atoms with Crippen LogP contribution in [0, 0.1) is 5.92 Å². The molecule has 3 fully saturated rings. The first-order chi connectivity index (χ1) is 17.9. The molecule has 38 heavy (non-hydrogen) atoms. The van der Waals surface area contributed by atoms with E-state index in [-0.39, 0.29) is 42.0 Å². The van der Waals surface area contributed by atoms with Crippen molar-refractivity contribution in [2.75, 3.05) is 6.61 Å². The second-order valence-corrected chi connectivity index (χ2v) is 11.1. The van der Waals surface area contributed by atoms with Crippen molar-refractivity contribution in [3.05, 3.63) is 36.0 Å². The van der Waals surface area contributed by atoms with Gasteiger partial charge in [0.15, 0.2) is 0 Å².